The van der Waals surface area contributed by atoms with E-state index < -0.39 is 71.3 Å². The molecule has 2 heterocycles. The predicted octanol–water partition coefficient (Wildman–Crippen LogP) is 5.16. The third-order valence-electron chi connectivity index (χ3n) is 5.42. The number of hydrogen-bond donors (Lipinski definition) is 2. The van der Waals surface area contributed by atoms with Crippen molar-refractivity contribution in [3.63, 3.8) is 0 Å². The molecule has 0 unspecified atom stereocenters. The fourth-order valence-corrected chi connectivity index (χ4v) is 3.94. The van der Waals surface area contributed by atoms with E-state index in [4.69, 9.17) is 4.84 Å². The fourth-order valence-electron chi connectivity index (χ4n) is 3.51. The van der Waals surface area contributed by atoms with Crippen molar-refractivity contribution in [2.45, 2.75) is 37.5 Å². The van der Waals surface area contributed by atoms with Crippen LogP contribution in [0.2, 0.25) is 0 Å². The van der Waals surface area contributed by atoms with Crippen molar-refractivity contribution in [2.24, 2.45) is 5.16 Å². The van der Waals surface area contributed by atoms with Crippen LogP contribution in [0.25, 0.3) is 0 Å². The summed E-state index contributed by atoms with van der Waals surface area (Å²) in [7, 11) is 0. The Hall–Kier alpha value is -3.37. The highest BCUT2D eigenvalue weighted by Gasteiger charge is 2.63. The first kappa shape index (κ1) is 30.2. The van der Waals surface area contributed by atoms with Crippen molar-refractivity contribution in [3.05, 3.63) is 62.9 Å². The molecule has 17 heteroatoms. The number of rotatable bonds is 6. The second-order valence-corrected chi connectivity index (χ2v) is 9.11. The Kier molecular flexibility index (Phi) is 8.24. The zero-order valence-electron chi connectivity index (χ0n) is 19.4. The third-order valence-corrected chi connectivity index (χ3v) is 5.83. The minimum absolute atomic E-state index is 0.0455. The van der Waals surface area contributed by atoms with Gasteiger partial charge in [-0.1, -0.05) is 11.2 Å². The number of amides is 2. The summed E-state index contributed by atoms with van der Waals surface area (Å²) in [6.07, 6.45) is -15.9. The van der Waals surface area contributed by atoms with Gasteiger partial charge in [0.1, 0.15) is 11.1 Å². The van der Waals surface area contributed by atoms with Crippen molar-refractivity contribution in [2.75, 3.05) is 13.1 Å². The second kappa shape index (κ2) is 10.7. The van der Waals surface area contributed by atoms with Crippen LogP contribution in [0.3, 0.4) is 0 Å². The molecule has 3 rings (SSSR count). The van der Waals surface area contributed by atoms with Crippen LogP contribution in [0.5, 0.6) is 0 Å². The topological polar surface area (TPSA) is 92.7 Å². The van der Waals surface area contributed by atoms with Gasteiger partial charge in [-0.05, 0) is 58.2 Å². The van der Waals surface area contributed by atoms with Gasteiger partial charge in [0.2, 0.25) is 5.91 Å². The molecule has 212 valence electrons. The van der Waals surface area contributed by atoms with Gasteiger partial charge in [0.05, 0.1) is 29.9 Å². The van der Waals surface area contributed by atoms with Crippen LogP contribution in [-0.4, -0.2) is 48.0 Å². The molecule has 0 fully saturated rings. The molecule has 0 bridgehead atoms. The molecule has 2 N–H and O–H groups in total. The number of pyridine rings is 1. The first-order valence-electron chi connectivity index (χ1n) is 10.6. The monoisotopic (exact) mass is 634 g/mol. The van der Waals surface area contributed by atoms with E-state index >= 15 is 0 Å². The summed E-state index contributed by atoms with van der Waals surface area (Å²) in [4.78, 5) is 32.1. The lowest BCUT2D eigenvalue weighted by atomic mass is 9.88. The summed E-state index contributed by atoms with van der Waals surface area (Å²) in [5.74, 6) is -1.96. The lowest BCUT2D eigenvalue weighted by Crippen LogP contribution is -2.43. The number of alkyl halides is 9. The molecule has 0 spiro atoms. The largest absolute Gasteiger partial charge is 0.437 e. The molecule has 1 aliphatic rings. The van der Waals surface area contributed by atoms with E-state index in [2.05, 4.69) is 31.4 Å². The van der Waals surface area contributed by atoms with Gasteiger partial charge in [0, 0.05) is 5.56 Å². The van der Waals surface area contributed by atoms with Crippen LogP contribution in [0.15, 0.2) is 40.1 Å². The molecule has 1 atom stereocenters. The summed E-state index contributed by atoms with van der Waals surface area (Å²) < 4.78 is 118. The highest BCUT2D eigenvalue weighted by Crippen LogP contribution is 2.49. The average Bonchev–Trinajstić information content (AvgIpc) is 3.27. The van der Waals surface area contributed by atoms with E-state index in [0.717, 1.165) is 0 Å². The molecule has 2 amide bonds. The Bertz CT molecular complexity index is 1310. The van der Waals surface area contributed by atoms with Gasteiger partial charge >= 0.3 is 18.5 Å². The minimum atomic E-state index is -5.24. The highest BCUT2D eigenvalue weighted by molar-refractivity contribution is 9.10. The molecule has 7 nitrogen and oxygen atoms in total. The van der Waals surface area contributed by atoms with Gasteiger partial charge in [-0.3, -0.25) is 9.59 Å². The number of oxime groups is 1. The number of aryl methyl sites for hydroxylation is 1. The highest BCUT2D eigenvalue weighted by atomic mass is 79.9. The zero-order valence-corrected chi connectivity index (χ0v) is 21.0. The molecule has 1 aromatic carbocycles. The number of carbonyl (C=O) groups is 2. The van der Waals surface area contributed by atoms with E-state index in [1.54, 1.807) is 5.32 Å². The van der Waals surface area contributed by atoms with Crippen LogP contribution in [0, 0.1) is 6.92 Å². The van der Waals surface area contributed by atoms with E-state index in [1.807, 2.05) is 0 Å². The number of hydrogen-bond acceptors (Lipinski definition) is 5. The molecule has 1 aliphatic heterocycles. The van der Waals surface area contributed by atoms with Gasteiger partial charge in [-0.25, -0.2) is 4.98 Å². The Labute approximate surface area is 221 Å². The van der Waals surface area contributed by atoms with Gasteiger partial charge in [-0.2, -0.15) is 39.5 Å². The number of benzene rings is 1. The Morgan fingerprint density at radius 1 is 1.03 bits per heavy atom. The van der Waals surface area contributed by atoms with Gasteiger partial charge in [0.25, 0.3) is 11.5 Å². The van der Waals surface area contributed by atoms with Crippen molar-refractivity contribution in [1.29, 1.82) is 0 Å². The molecule has 39 heavy (non-hydrogen) atoms. The Balaban J connectivity index is 1.81. The SMILES string of the molecule is Cc1cc(C2=NO[C@@](c3cc(C(F)(F)F)cc(Br)n3)(C(F)(F)F)C2)ccc1C(=O)NCC(=O)NCC(F)(F)F. The van der Waals surface area contributed by atoms with Crippen molar-refractivity contribution in [1.82, 2.24) is 15.6 Å². The van der Waals surface area contributed by atoms with Crippen LogP contribution in [0.4, 0.5) is 39.5 Å². The van der Waals surface area contributed by atoms with Crippen LogP contribution < -0.4 is 10.6 Å². The second-order valence-electron chi connectivity index (χ2n) is 8.30. The maximum absolute atomic E-state index is 14.2. The zero-order chi connectivity index (χ0) is 29.4. The number of carbonyl (C=O) groups excluding carboxylic acids is 2. The number of nitrogens with one attached hydrogen (secondary N) is 2. The molecule has 0 aliphatic carbocycles. The smallest absolute Gasteiger partial charge is 0.372 e. The lowest BCUT2D eigenvalue weighted by molar-refractivity contribution is -0.277. The number of aromatic nitrogens is 1. The van der Waals surface area contributed by atoms with Crippen LogP contribution in [0.1, 0.15) is 39.2 Å². The molecule has 2 aromatic rings. The maximum Gasteiger partial charge on any atom is 0.437 e. The van der Waals surface area contributed by atoms with E-state index in [-0.39, 0.29) is 28.5 Å². The molecular formula is C22H16BrF9N4O3. The quantitative estimate of drug-likeness (QED) is 0.339. The standard InChI is InChI=1S/C22H16BrF9N4O3/c1-10-4-11(2-3-13(10)18(38)33-8-17(37)34-9-20(24,25)26)14-7-19(39-36-14,22(30,31)32)15-5-12(21(27,28)29)6-16(23)35-15/h2-6H,7-9H2,1H3,(H,33,38)(H,34,37)/t19-/m0/s1. The minimum Gasteiger partial charge on any atom is -0.372 e. The number of nitrogens with zero attached hydrogens (tertiary/aromatic N) is 2. The lowest BCUT2D eigenvalue weighted by Gasteiger charge is -2.29. The first-order chi connectivity index (χ1) is 17.8. The predicted molar refractivity (Wildman–Crippen MR) is 119 cm³/mol. The van der Waals surface area contributed by atoms with E-state index in [9.17, 15) is 49.1 Å². The summed E-state index contributed by atoms with van der Waals surface area (Å²) in [5, 5.41) is 7.14. The summed E-state index contributed by atoms with van der Waals surface area (Å²) in [5.41, 5.74) is -5.92. The van der Waals surface area contributed by atoms with E-state index in [0.29, 0.717) is 6.07 Å². The van der Waals surface area contributed by atoms with Crippen LogP contribution in [-0.2, 0) is 21.4 Å². The molecular weight excluding hydrogens is 619 g/mol. The van der Waals surface area contributed by atoms with Crippen molar-refractivity contribution < 1.29 is 53.9 Å². The molecule has 0 radical (unpaired) electrons. The maximum atomic E-state index is 14.2. The average molecular weight is 635 g/mol. The molecule has 1 aromatic heterocycles. The van der Waals surface area contributed by atoms with Crippen molar-refractivity contribution >= 4 is 33.5 Å². The van der Waals surface area contributed by atoms with Gasteiger partial charge in [-0.15, -0.1) is 0 Å². The first-order valence-corrected chi connectivity index (χ1v) is 11.4. The van der Waals surface area contributed by atoms with Gasteiger partial charge < -0.3 is 15.5 Å². The third kappa shape index (κ3) is 6.99. The number of halogens is 10. The molecule has 0 saturated carbocycles. The Morgan fingerprint density at radius 3 is 2.26 bits per heavy atom. The summed E-state index contributed by atoms with van der Waals surface area (Å²) in [6, 6.07) is 4.35. The fraction of sp³-hybridized carbons (Fsp3) is 0.364. The Morgan fingerprint density at radius 2 is 1.69 bits per heavy atom. The van der Waals surface area contributed by atoms with Crippen LogP contribution >= 0.6 is 15.9 Å². The normalized spacial score (nSPS) is 17.9. The van der Waals surface area contributed by atoms with E-state index in [1.165, 1.54) is 25.1 Å². The summed E-state index contributed by atoms with van der Waals surface area (Å²) >= 11 is 2.69. The molecule has 0 saturated heterocycles. The summed E-state index contributed by atoms with van der Waals surface area (Å²) in [6.45, 7) is -0.975. The van der Waals surface area contributed by atoms with Crippen molar-refractivity contribution in [3.8, 4) is 0 Å². The van der Waals surface area contributed by atoms with Gasteiger partial charge in [0.15, 0.2) is 0 Å².